The molecule has 0 radical (unpaired) electrons. The SMILES string of the molecule is O=c1c(NCc2ccc(-c3noc(C(F)(F)Cl)n3)cc2)c(NCC2CC2)c1=O. The Labute approximate surface area is 162 Å². The van der Waals surface area contributed by atoms with Gasteiger partial charge in [0.15, 0.2) is 0 Å². The Hall–Kier alpha value is -2.81. The molecule has 28 heavy (non-hydrogen) atoms. The van der Waals surface area contributed by atoms with E-state index in [1.807, 2.05) is 0 Å². The van der Waals surface area contributed by atoms with Gasteiger partial charge in [-0.3, -0.25) is 9.59 Å². The maximum absolute atomic E-state index is 13.0. The predicted molar refractivity (Wildman–Crippen MR) is 99.4 cm³/mol. The number of hydrogen-bond donors (Lipinski definition) is 2. The maximum atomic E-state index is 13.0. The van der Waals surface area contributed by atoms with Crippen LogP contribution in [0.1, 0.15) is 24.3 Å². The van der Waals surface area contributed by atoms with Gasteiger partial charge in [0.05, 0.1) is 0 Å². The van der Waals surface area contributed by atoms with E-state index < -0.39 is 22.1 Å². The van der Waals surface area contributed by atoms with E-state index in [1.165, 1.54) is 0 Å². The van der Waals surface area contributed by atoms with E-state index in [1.54, 1.807) is 24.3 Å². The molecule has 2 aromatic carbocycles. The van der Waals surface area contributed by atoms with Crippen molar-refractivity contribution in [3.8, 4) is 11.4 Å². The van der Waals surface area contributed by atoms with Crippen LogP contribution in [0.5, 0.6) is 0 Å². The smallest absolute Gasteiger partial charge is 0.380 e. The Kier molecular flexibility index (Phi) is 4.62. The second-order valence-electron chi connectivity index (χ2n) is 6.70. The Morgan fingerprint density at radius 3 is 2.32 bits per heavy atom. The number of nitrogens with zero attached hydrogens (tertiary/aromatic N) is 2. The highest BCUT2D eigenvalue weighted by atomic mass is 35.5. The fourth-order valence-electron chi connectivity index (χ4n) is 2.72. The second kappa shape index (κ2) is 6.97. The van der Waals surface area contributed by atoms with Crippen molar-refractivity contribution in [2.75, 3.05) is 17.2 Å². The molecule has 2 N–H and O–H groups in total. The van der Waals surface area contributed by atoms with Gasteiger partial charge in [-0.2, -0.15) is 13.8 Å². The summed E-state index contributed by atoms with van der Waals surface area (Å²) in [4.78, 5) is 27.0. The topological polar surface area (TPSA) is 97.1 Å². The fourth-order valence-corrected chi connectivity index (χ4v) is 2.79. The van der Waals surface area contributed by atoms with Crippen LogP contribution < -0.4 is 21.5 Å². The zero-order valence-electron chi connectivity index (χ0n) is 14.5. The van der Waals surface area contributed by atoms with Crippen molar-refractivity contribution in [3.63, 3.8) is 0 Å². The standard InChI is InChI=1S/C18H15ClF2N4O3/c19-18(20,21)17-24-16(25-28-17)11-5-3-10(4-6-11)8-23-13-12(14(26)15(13)27)22-7-9-1-2-9/h3-6,9,22-23H,1-2,7-8H2. The lowest BCUT2D eigenvalue weighted by Gasteiger charge is -2.14. The van der Waals surface area contributed by atoms with Crippen molar-refractivity contribution in [2.24, 2.45) is 5.92 Å². The molecule has 0 unspecified atom stereocenters. The lowest BCUT2D eigenvalue weighted by atomic mass is 10.1. The van der Waals surface area contributed by atoms with Gasteiger partial charge >= 0.3 is 11.3 Å². The third-order valence-corrected chi connectivity index (χ3v) is 4.69. The molecule has 0 amide bonds. The van der Waals surface area contributed by atoms with Crippen molar-refractivity contribution in [1.29, 1.82) is 0 Å². The number of nitrogens with one attached hydrogen (secondary N) is 2. The van der Waals surface area contributed by atoms with Gasteiger partial charge in [-0.05, 0) is 35.9 Å². The molecular weight excluding hydrogens is 394 g/mol. The Bertz CT molecular complexity index is 1060. The highest BCUT2D eigenvalue weighted by molar-refractivity contribution is 6.21. The molecule has 0 spiro atoms. The van der Waals surface area contributed by atoms with Crippen LogP contribution in [0, 0.1) is 5.92 Å². The average Bonchev–Trinajstić information content (AvgIpc) is 3.35. The minimum Gasteiger partial charge on any atom is -0.380 e. The van der Waals surface area contributed by atoms with Gasteiger partial charge in [0.25, 0.3) is 10.9 Å². The monoisotopic (exact) mass is 408 g/mol. The van der Waals surface area contributed by atoms with E-state index in [4.69, 9.17) is 11.6 Å². The summed E-state index contributed by atoms with van der Waals surface area (Å²) in [7, 11) is 0. The molecule has 1 fully saturated rings. The second-order valence-corrected chi connectivity index (χ2v) is 7.18. The molecule has 3 aromatic rings. The van der Waals surface area contributed by atoms with Gasteiger partial charge in [-0.25, -0.2) is 0 Å². The number of benzene rings is 1. The molecule has 1 aromatic heterocycles. The summed E-state index contributed by atoms with van der Waals surface area (Å²) >= 11 is 4.85. The summed E-state index contributed by atoms with van der Waals surface area (Å²) in [5.74, 6) is -0.403. The normalized spacial score (nSPS) is 14.4. The fraction of sp³-hybridized carbons (Fsp3) is 0.333. The van der Waals surface area contributed by atoms with Crippen molar-refractivity contribution in [1.82, 2.24) is 10.1 Å². The molecule has 4 rings (SSSR count). The molecule has 1 aliphatic carbocycles. The number of rotatable bonds is 8. The summed E-state index contributed by atoms with van der Waals surface area (Å²) in [6.45, 7) is 1.02. The van der Waals surface area contributed by atoms with Crippen LogP contribution in [0.2, 0.25) is 0 Å². The first-order valence-electron chi connectivity index (χ1n) is 8.64. The van der Waals surface area contributed by atoms with E-state index >= 15 is 0 Å². The van der Waals surface area contributed by atoms with Crippen LogP contribution in [0.4, 0.5) is 20.2 Å². The van der Waals surface area contributed by atoms with Crippen LogP contribution in [-0.4, -0.2) is 16.7 Å². The quantitative estimate of drug-likeness (QED) is 0.436. The molecule has 1 heterocycles. The van der Waals surface area contributed by atoms with Crippen LogP contribution in [0.15, 0.2) is 38.4 Å². The first kappa shape index (κ1) is 18.5. The zero-order chi connectivity index (χ0) is 19.9. The van der Waals surface area contributed by atoms with Crippen molar-refractivity contribution >= 4 is 23.0 Å². The largest absolute Gasteiger partial charge is 0.400 e. The summed E-state index contributed by atoms with van der Waals surface area (Å²) in [5.41, 5.74) is 0.896. The number of anilines is 2. The van der Waals surface area contributed by atoms with Gasteiger partial charge in [0, 0.05) is 18.7 Å². The Balaban J connectivity index is 1.40. The number of hydrogen-bond acceptors (Lipinski definition) is 7. The Morgan fingerprint density at radius 2 is 1.75 bits per heavy atom. The molecule has 0 bridgehead atoms. The molecule has 1 saturated carbocycles. The van der Waals surface area contributed by atoms with E-state index in [0.29, 0.717) is 35.9 Å². The number of alkyl halides is 3. The van der Waals surface area contributed by atoms with Gasteiger partial charge < -0.3 is 15.2 Å². The third-order valence-electron chi connectivity index (χ3n) is 4.52. The van der Waals surface area contributed by atoms with E-state index in [-0.39, 0.29) is 5.82 Å². The van der Waals surface area contributed by atoms with E-state index in [2.05, 4.69) is 25.3 Å². The van der Waals surface area contributed by atoms with Gasteiger partial charge in [-0.15, -0.1) is 0 Å². The minimum absolute atomic E-state index is 0.0103. The molecule has 10 heteroatoms. The van der Waals surface area contributed by atoms with Gasteiger partial charge in [0.2, 0.25) is 5.82 Å². The van der Waals surface area contributed by atoms with E-state index in [9.17, 15) is 18.4 Å². The van der Waals surface area contributed by atoms with E-state index in [0.717, 1.165) is 18.4 Å². The first-order valence-corrected chi connectivity index (χ1v) is 9.02. The van der Waals surface area contributed by atoms with Gasteiger partial charge in [-0.1, -0.05) is 29.4 Å². The summed E-state index contributed by atoms with van der Waals surface area (Å²) in [6.07, 6.45) is 2.28. The molecule has 0 atom stereocenters. The highest BCUT2D eigenvalue weighted by Crippen LogP contribution is 2.32. The Morgan fingerprint density at radius 1 is 1.11 bits per heavy atom. The highest BCUT2D eigenvalue weighted by Gasteiger charge is 2.35. The van der Waals surface area contributed by atoms with Crippen LogP contribution >= 0.6 is 11.6 Å². The number of aromatic nitrogens is 2. The average molecular weight is 409 g/mol. The third kappa shape index (κ3) is 3.75. The number of halogens is 3. The first-order chi connectivity index (χ1) is 13.3. The summed E-state index contributed by atoms with van der Waals surface area (Å²) < 4.78 is 30.4. The van der Waals surface area contributed by atoms with Crippen LogP contribution in [-0.2, 0) is 11.9 Å². The molecule has 0 aliphatic heterocycles. The molecular formula is C18H15ClF2N4O3. The molecule has 1 aliphatic rings. The van der Waals surface area contributed by atoms with Gasteiger partial charge in [0.1, 0.15) is 11.4 Å². The van der Waals surface area contributed by atoms with Crippen molar-refractivity contribution in [3.05, 3.63) is 56.2 Å². The van der Waals surface area contributed by atoms with Crippen LogP contribution in [0.3, 0.4) is 0 Å². The summed E-state index contributed by atoms with van der Waals surface area (Å²) in [6, 6.07) is 6.71. The molecule has 7 nitrogen and oxygen atoms in total. The summed E-state index contributed by atoms with van der Waals surface area (Å²) in [5, 5.41) is 5.78. The van der Waals surface area contributed by atoms with Crippen molar-refractivity contribution < 1.29 is 13.3 Å². The zero-order valence-corrected chi connectivity index (χ0v) is 15.2. The predicted octanol–water partition coefficient (Wildman–Crippen LogP) is 3.05. The van der Waals surface area contributed by atoms with Crippen LogP contribution in [0.25, 0.3) is 11.4 Å². The van der Waals surface area contributed by atoms with Crippen molar-refractivity contribution in [2.45, 2.75) is 24.8 Å². The molecule has 0 saturated heterocycles. The lowest BCUT2D eigenvalue weighted by molar-refractivity contribution is 0.0551. The lowest BCUT2D eigenvalue weighted by Crippen LogP contribution is -2.37. The minimum atomic E-state index is -3.72. The maximum Gasteiger partial charge on any atom is 0.400 e. The molecule has 146 valence electrons.